The zero-order valence-corrected chi connectivity index (χ0v) is 31.5. The molecule has 0 saturated heterocycles. The SMILES string of the molecule is CCCC/C=C/CC/C=C/CC/C=C/C(O)C(CS(=O)(=O)O)NC(=O)CCCCCCCCCCCCCCCCCCCCCC. The summed E-state index contributed by atoms with van der Waals surface area (Å²) < 4.78 is 32.4. The van der Waals surface area contributed by atoms with Crippen molar-refractivity contribution in [3.05, 3.63) is 36.5 Å². The van der Waals surface area contributed by atoms with Crippen LogP contribution in [0.1, 0.15) is 194 Å². The Morgan fingerprint density at radius 2 is 0.915 bits per heavy atom. The minimum atomic E-state index is -4.35. The first kappa shape index (κ1) is 45.6. The topological polar surface area (TPSA) is 104 Å². The van der Waals surface area contributed by atoms with Crippen molar-refractivity contribution in [2.24, 2.45) is 0 Å². The van der Waals surface area contributed by atoms with Crippen molar-refractivity contribution in [3.8, 4) is 0 Å². The lowest BCUT2D eigenvalue weighted by Gasteiger charge is -2.21. The lowest BCUT2D eigenvalue weighted by molar-refractivity contribution is -0.122. The number of aliphatic hydroxyl groups is 1. The van der Waals surface area contributed by atoms with Crippen LogP contribution in [0.4, 0.5) is 0 Å². The highest BCUT2D eigenvalue weighted by molar-refractivity contribution is 7.85. The third kappa shape index (κ3) is 35.7. The van der Waals surface area contributed by atoms with Crippen LogP contribution in [0.25, 0.3) is 0 Å². The van der Waals surface area contributed by atoms with Gasteiger partial charge in [0.05, 0.1) is 17.9 Å². The Kier molecular flexibility index (Phi) is 33.4. The van der Waals surface area contributed by atoms with Crippen LogP contribution in [-0.4, -0.2) is 41.9 Å². The molecule has 0 saturated carbocycles. The number of aliphatic hydroxyl groups excluding tert-OH is 1. The van der Waals surface area contributed by atoms with Gasteiger partial charge in [-0.05, 0) is 38.5 Å². The van der Waals surface area contributed by atoms with E-state index in [1.54, 1.807) is 6.08 Å². The summed E-state index contributed by atoms with van der Waals surface area (Å²) in [4.78, 5) is 12.5. The van der Waals surface area contributed by atoms with Crippen molar-refractivity contribution < 1.29 is 22.9 Å². The highest BCUT2D eigenvalue weighted by atomic mass is 32.2. The van der Waals surface area contributed by atoms with Gasteiger partial charge in [0.25, 0.3) is 10.1 Å². The summed E-state index contributed by atoms with van der Waals surface area (Å²) in [6.07, 6.45) is 44.2. The highest BCUT2D eigenvalue weighted by Gasteiger charge is 2.24. The van der Waals surface area contributed by atoms with E-state index in [4.69, 9.17) is 0 Å². The molecular formula is C40H75NO5S. The predicted octanol–water partition coefficient (Wildman–Crippen LogP) is 11.4. The molecule has 276 valence electrons. The molecule has 47 heavy (non-hydrogen) atoms. The lowest BCUT2D eigenvalue weighted by atomic mass is 10.0. The highest BCUT2D eigenvalue weighted by Crippen LogP contribution is 2.15. The first-order valence-corrected chi connectivity index (χ1v) is 21.3. The molecule has 0 aliphatic rings. The minimum absolute atomic E-state index is 0.288. The largest absolute Gasteiger partial charge is 0.387 e. The van der Waals surface area contributed by atoms with Crippen LogP contribution in [0.5, 0.6) is 0 Å². The normalized spacial score (nSPS) is 13.7. The van der Waals surface area contributed by atoms with Gasteiger partial charge in [-0.2, -0.15) is 8.42 Å². The number of unbranched alkanes of at least 4 members (excludes halogenated alkanes) is 23. The molecule has 2 atom stereocenters. The summed E-state index contributed by atoms with van der Waals surface area (Å²) in [5, 5.41) is 13.1. The smallest absolute Gasteiger partial charge is 0.267 e. The predicted molar refractivity (Wildman–Crippen MR) is 202 cm³/mol. The molecule has 1 amide bonds. The van der Waals surface area contributed by atoms with Crippen LogP contribution in [0, 0.1) is 0 Å². The number of nitrogens with one attached hydrogen (secondary N) is 1. The monoisotopic (exact) mass is 682 g/mol. The van der Waals surface area contributed by atoms with Gasteiger partial charge in [-0.25, -0.2) is 0 Å². The van der Waals surface area contributed by atoms with E-state index in [1.807, 2.05) is 0 Å². The third-order valence-electron chi connectivity index (χ3n) is 8.80. The molecular weight excluding hydrogens is 607 g/mol. The summed E-state index contributed by atoms with van der Waals surface area (Å²) in [5.41, 5.74) is 0. The Hall–Kier alpha value is -1.44. The zero-order valence-electron chi connectivity index (χ0n) is 30.7. The van der Waals surface area contributed by atoms with E-state index in [2.05, 4.69) is 43.5 Å². The summed E-state index contributed by atoms with van der Waals surface area (Å²) in [5.74, 6) is -1.00. The molecule has 0 bridgehead atoms. The van der Waals surface area contributed by atoms with Gasteiger partial charge in [0.1, 0.15) is 0 Å². The molecule has 0 rings (SSSR count). The average Bonchev–Trinajstić information content (AvgIpc) is 3.03. The Labute approximate surface area is 291 Å². The van der Waals surface area contributed by atoms with Crippen LogP contribution >= 0.6 is 0 Å². The molecule has 7 heteroatoms. The van der Waals surface area contributed by atoms with Crippen molar-refractivity contribution in [1.29, 1.82) is 0 Å². The molecule has 3 N–H and O–H groups in total. The number of allylic oxidation sites excluding steroid dienone is 5. The van der Waals surface area contributed by atoms with Crippen LogP contribution in [0.3, 0.4) is 0 Å². The van der Waals surface area contributed by atoms with Crippen molar-refractivity contribution in [1.82, 2.24) is 5.32 Å². The van der Waals surface area contributed by atoms with Crippen molar-refractivity contribution in [2.75, 3.05) is 5.75 Å². The zero-order chi connectivity index (χ0) is 34.7. The van der Waals surface area contributed by atoms with Crippen LogP contribution in [0.15, 0.2) is 36.5 Å². The van der Waals surface area contributed by atoms with Gasteiger partial charge in [-0.1, -0.05) is 185 Å². The van der Waals surface area contributed by atoms with E-state index in [9.17, 15) is 22.9 Å². The van der Waals surface area contributed by atoms with Crippen LogP contribution < -0.4 is 5.32 Å². The Balaban J connectivity index is 3.90. The van der Waals surface area contributed by atoms with Crippen molar-refractivity contribution in [2.45, 2.75) is 206 Å². The first-order valence-electron chi connectivity index (χ1n) is 19.7. The quantitative estimate of drug-likeness (QED) is 0.0351. The summed E-state index contributed by atoms with van der Waals surface area (Å²) in [7, 11) is -4.35. The second-order valence-corrected chi connectivity index (χ2v) is 15.0. The van der Waals surface area contributed by atoms with Crippen LogP contribution in [0.2, 0.25) is 0 Å². The molecule has 0 aliphatic carbocycles. The van der Waals surface area contributed by atoms with Gasteiger partial charge in [-0.15, -0.1) is 0 Å². The Morgan fingerprint density at radius 3 is 1.32 bits per heavy atom. The van der Waals surface area contributed by atoms with E-state index >= 15 is 0 Å². The fourth-order valence-corrected chi connectivity index (χ4v) is 6.55. The maximum atomic E-state index is 12.5. The molecule has 0 fully saturated rings. The number of hydrogen-bond donors (Lipinski definition) is 3. The number of amides is 1. The Morgan fingerprint density at radius 1 is 0.553 bits per heavy atom. The van der Waals surface area contributed by atoms with E-state index in [0.717, 1.165) is 44.9 Å². The van der Waals surface area contributed by atoms with E-state index in [1.165, 1.54) is 128 Å². The fraction of sp³-hybridized carbons (Fsp3) is 0.825. The van der Waals surface area contributed by atoms with Gasteiger partial charge in [0, 0.05) is 6.42 Å². The number of rotatable bonds is 35. The molecule has 0 aliphatic heterocycles. The number of carbonyl (C=O) groups excluding carboxylic acids is 1. The molecule has 6 nitrogen and oxygen atoms in total. The average molecular weight is 682 g/mol. The van der Waals surface area contributed by atoms with E-state index in [-0.39, 0.29) is 12.3 Å². The molecule has 0 aromatic carbocycles. The molecule has 0 radical (unpaired) electrons. The number of carbonyl (C=O) groups is 1. The molecule has 0 aromatic heterocycles. The van der Waals surface area contributed by atoms with Crippen molar-refractivity contribution >= 4 is 16.0 Å². The second-order valence-electron chi connectivity index (χ2n) is 13.5. The lowest BCUT2D eigenvalue weighted by Crippen LogP contribution is -2.46. The van der Waals surface area contributed by atoms with E-state index < -0.39 is 28.0 Å². The maximum absolute atomic E-state index is 12.5. The van der Waals surface area contributed by atoms with Gasteiger partial charge in [0.2, 0.25) is 5.91 Å². The molecule has 0 heterocycles. The standard InChI is InChI=1S/C40H75NO5S/c1-3-5-7-9-11-13-15-17-18-19-20-21-22-23-24-26-28-30-32-34-36-40(43)41-38(37-47(44,45)46)39(42)35-33-31-29-27-25-16-14-12-10-8-6-4-2/h10,12,25,27,33,35,38-39,42H,3-9,11,13-24,26,28-32,34,36-37H2,1-2H3,(H,41,43)(H,44,45,46)/b12-10+,27-25+,35-33+. The minimum Gasteiger partial charge on any atom is -0.387 e. The number of hydrogen-bond acceptors (Lipinski definition) is 4. The van der Waals surface area contributed by atoms with E-state index in [0.29, 0.717) is 6.42 Å². The van der Waals surface area contributed by atoms with Gasteiger partial charge < -0.3 is 10.4 Å². The van der Waals surface area contributed by atoms with Gasteiger partial charge >= 0.3 is 0 Å². The first-order chi connectivity index (χ1) is 22.8. The second kappa shape index (κ2) is 34.4. The molecule has 0 aromatic rings. The van der Waals surface area contributed by atoms with Gasteiger partial charge in [0.15, 0.2) is 0 Å². The van der Waals surface area contributed by atoms with Crippen molar-refractivity contribution in [3.63, 3.8) is 0 Å². The summed E-state index contributed by atoms with van der Waals surface area (Å²) in [6, 6.07) is -1.08. The summed E-state index contributed by atoms with van der Waals surface area (Å²) >= 11 is 0. The van der Waals surface area contributed by atoms with Gasteiger partial charge in [-0.3, -0.25) is 9.35 Å². The van der Waals surface area contributed by atoms with Crippen LogP contribution in [-0.2, 0) is 14.9 Å². The summed E-state index contributed by atoms with van der Waals surface area (Å²) in [6.45, 7) is 4.47. The molecule has 0 spiro atoms. The molecule has 2 unspecified atom stereocenters. The Bertz CT molecular complexity index is 883. The maximum Gasteiger partial charge on any atom is 0.267 e. The fourth-order valence-electron chi connectivity index (χ4n) is 5.82. The third-order valence-corrected chi connectivity index (χ3v) is 9.58.